The summed E-state index contributed by atoms with van der Waals surface area (Å²) in [5, 5.41) is 1.42. The lowest BCUT2D eigenvalue weighted by Gasteiger charge is -2.22. The van der Waals surface area contributed by atoms with Gasteiger partial charge in [0, 0.05) is 11.4 Å². The summed E-state index contributed by atoms with van der Waals surface area (Å²) in [6.07, 6.45) is -0.128. The minimum Gasteiger partial charge on any atom is -0.494 e. The van der Waals surface area contributed by atoms with Crippen molar-refractivity contribution in [1.29, 1.82) is 0 Å². The second kappa shape index (κ2) is 10.1. The van der Waals surface area contributed by atoms with Crippen LogP contribution in [0.4, 0.5) is 8.78 Å². The first-order valence-electron chi connectivity index (χ1n) is 10.1. The molecule has 0 unspecified atom stereocenters. The third kappa shape index (κ3) is 5.96. The van der Waals surface area contributed by atoms with Crippen LogP contribution in [0.25, 0.3) is 0 Å². The van der Waals surface area contributed by atoms with Crippen LogP contribution in [-0.4, -0.2) is 14.7 Å². The molecule has 31 heavy (non-hydrogen) atoms. The molecule has 0 heterocycles. The van der Waals surface area contributed by atoms with Gasteiger partial charge in [-0.3, -0.25) is 0 Å². The number of ether oxygens (including phenoxy) is 2. The molecule has 0 fully saturated rings. The van der Waals surface area contributed by atoms with Crippen LogP contribution < -0.4 is 14.7 Å². The van der Waals surface area contributed by atoms with E-state index >= 15 is 4.39 Å². The molecular weight excluding hydrogens is 434 g/mol. The second-order valence-corrected chi connectivity index (χ2v) is 12.4. The van der Waals surface area contributed by atoms with Crippen LogP contribution in [0, 0.1) is 0 Å². The zero-order valence-corrected chi connectivity index (χ0v) is 19.5. The first-order chi connectivity index (χ1) is 14.8. The summed E-state index contributed by atoms with van der Waals surface area (Å²) in [5.74, 6) is 1.15. The Balaban J connectivity index is 1.76. The van der Waals surface area contributed by atoms with Gasteiger partial charge in [0.2, 0.25) is 0 Å². The normalized spacial score (nSPS) is 12.3. The highest BCUT2D eigenvalue weighted by atomic mass is 35.5. The lowest BCUT2D eigenvalue weighted by atomic mass is 10.1. The van der Waals surface area contributed by atoms with Gasteiger partial charge in [-0.05, 0) is 61.0 Å². The number of benzene rings is 3. The average Bonchev–Trinajstić information content (AvgIpc) is 2.75. The van der Waals surface area contributed by atoms with E-state index in [0.717, 1.165) is 10.9 Å². The van der Waals surface area contributed by atoms with Gasteiger partial charge in [-0.2, -0.15) is 0 Å². The van der Waals surface area contributed by atoms with Crippen LogP contribution in [0.5, 0.6) is 17.2 Å². The van der Waals surface area contributed by atoms with E-state index in [4.69, 9.17) is 21.1 Å². The van der Waals surface area contributed by atoms with Crippen LogP contribution in [0.1, 0.15) is 12.5 Å². The molecule has 0 atom stereocenters. The largest absolute Gasteiger partial charge is 0.494 e. The van der Waals surface area contributed by atoms with Gasteiger partial charge in [-0.15, -0.1) is 0 Å². The van der Waals surface area contributed by atoms with Gasteiger partial charge in [-0.1, -0.05) is 54.1 Å². The third-order valence-corrected chi connectivity index (χ3v) is 8.38. The smallest absolute Gasteiger partial charge is 0.151 e. The fourth-order valence-corrected chi connectivity index (χ4v) is 5.36. The number of allylic oxidation sites excluding steroid dienone is 1. The summed E-state index contributed by atoms with van der Waals surface area (Å²) in [6, 6.07) is 21.2. The Kier molecular flexibility index (Phi) is 7.52. The van der Waals surface area contributed by atoms with Crippen molar-refractivity contribution in [3.8, 4) is 17.2 Å². The van der Waals surface area contributed by atoms with Crippen LogP contribution >= 0.6 is 11.6 Å². The SMILES string of the molecule is CCOc1ccc([Si](C)(C)/C(F)=C(\F)Cc2cccc(Oc3ccc(Cl)cc3)c2)cc1. The van der Waals surface area contributed by atoms with E-state index in [9.17, 15) is 4.39 Å². The van der Waals surface area contributed by atoms with E-state index in [1.54, 1.807) is 73.8 Å². The van der Waals surface area contributed by atoms with Crippen molar-refractivity contribution in [3.63, 3.8) is 0 Å². The number of rotatable bonds is 8. The maximum absolute atomic E-state index is 15.2. The number of halogens is 3. The molecule has 3 rings (SSSR count). The molecule has 0 saturated heterocycles. The standard InChI is InChI=1S/C25H25ClF2O2Si/c1-4-29-20-12-14-23(15-13-20)31(2,3)25(28)24(27)17-18-6-5-7-22(16-18)30-21-10-8-19(26)9-11-21/h5-16H,4,17H2,1-3H3/b25-24-. The van der Waals surface area contributed by atoms with Gasteiger partial charge in [0.15, 0.2) is 8.07 Å². The molecule has 3 aromatic carbocycles. The molecule has 162 valence electrons. The fraction of sp³-hybridized carbons (Fsp3) is 0.200. The minimum atomic E-state index is -2.79. The molecule has 0 amide bonds. The molecule has 0 radical (unpaired) electrons. The Morgan fingerprint density at radius 1 is 0.871 bits per heavy atom. The van der Waals surface area contributed by atoms with Gasteiger partial charge in [-0.25, -0.2) is 8.78 Å². The van der Waals surface area contributed by atoms with E-state index in [2.05, 4.69) is 0 Å². The molecule has 0 N–H and O–H groups in total. The van der Waals surface area contributed by atoms with Gasteiger partial charge in [0.05, 0.1) is 6.61 Å². The third-order valence-electron chi connectivity index (χ3n) is 4.98. The predicted octanol–water partition coefficient (Wildman–Crippen LogP) is 7.38. The Hall–Kier alpha value is -2.63. The molecule has 0 bridgehead atoms. The molecule has 2 nitrogen and oxygen atoms in total. The summed E-state index contributed by atoms with van der Waals surface area (Å²) in [4.78, 5) is 0. The summed E-state index contributed by atoms with van der Waals surface area (Å²) >= 11 is 5.89. The Morgan fingerprint density at radius 2 is 1.52 bits per heavy atom. The van der Waals surface area contributed by atoms with E-state index in [1.165, 1.54) is 0 Å². The quantitative estimate of drug-likeness (QED) is 0.328. The first kappa shape index (κ1) is 23.0. The van der Waals surface area contributed by atoms with E-state index in [-0.39, 0.29) is 6.42 Å². The second-order valence-electron chi connectivity index (χ2n) is 7.68. The van der Waals surface area contributed by atoms with Crippen molar-refractivity contribution in [2.24, 2.45) is 0 Å². The summed E-state index contributed by atoms with van der Waals surface area (Å²) in [6.45, 7) is 6.07. The lowest BCUT2D eigenvalue weighted by Crippen LogP contribution is -2.43. The summed E-state index contributed by atoms with van der Waals surface area (Å²) in [7, 11) is -2.79. The van der Waals surface area contributed by atoms with Gasteiger partial charge in [0.1, 0.15) is 28.5 Å². The van der Waals surface area contributed by atoms with E-state index < -0.39 is 19.4 Å². The predicted molar refractivity (Wildman–Crippen MR) is 126 cm³/mol. The molecule has 0 saturated carbocycles. The summed E-state index contributed by atoms with van der Waals surface area (Å²) < 4.78 is 41.3. The summed E-state index contributed by atoms with van der Waals surface area (Å²) in [5.41, 5.74) is -0.0173. The minimum absolute atomic E-state index is 0.128. The van der Waals surface area contributed by atoms with Crippen molar-refractivity contribution in [3.05, 3.63) is 94.7 Å². The van der Waals surface area contributed by atoms with Crippen molar-refractivity contribution in [2.45, 2.75) is 26.4 Å². The maximum Gasteiger partial charge on any atom is 0.151 e. The highest BCUT2D eigenvalue weighted by Crippen LogP contribution is 2.28. The zero-order chi connectivity index (χ0) is 22.4. The Bertz CT molecular complexity index is 1050. The Labute approximate surface area is 188 Å². The highest BCUT2D eigenvalue weighted by molar-refractivity contribution is 6.95. The molecule has 0 aliphatic heterocycles. The molecule has 0 spiro atoms. The number of hydrogen-bond acceptors (Lipinski definition) is 2. The van der Waals surface area contributed by atoms with E-state index in [1.807, 2.05) is 19.1 Å². The Morgan fingerprint density at radius 3 is 2.16 bits per heavy atom. The molecule has 0 aromatic heterocycles. The number of hydrogen-bond donors (Lipinski definition) is 0. The van der Waals surface area contributed by atoms with Crippen LogP contribution in [0.2, 0.25) is 18.1 Å². The zero-order valence-electron chi connectivity index (χ0n) is 17.8. The van der Waals surface area contributed by atoms with E-state index in [0.29, 0.717) is 28.7 Å². The van der Waals surface area contributed by atoms with Crippen LogP contribution in [0.15, 0.2) is 84.1 Å². The molecule has 0 aliphatic rings. The topological polar surface area (TPSA) is 18.5 Å². The van der Waals surface area contributed by atoms with Crippen molar-refractivity contribution >= 4 is 24.9 Å². The van der Waals surface area contributed by atoms with Gasteiger partial charge < -0.3 is 9.47 Å². The van der Waals surface area contributed by atoms with Gasteiger partial charge in [0.25, 0.3) is 0 Å². The van der Waals surface area contributed by atoms with Gasteiger partial charge >= 0.3 is 0 Å². The van der Waals surface area contributed by atoms with Crippen LogP contribution in [0.3, 0.4) is 0 Å². The monoisotopic (exact) mass is 458 g/mol. The lowest BCUT2D eigenvalue weighted by molar-refractivity contribution is 0.340. The molecular formula is C25H25ClF2O2Si. The van der Waals surface area contributed by atoms with Crippen molar-refractivity contribution in [1.82, 2.24) is 0 Å². The fourth-order valence-electron chi connectivity index (χ4n) is 3.21. The average molecular weight is 459 g/mol. The van der Waals surface area contributed by atoms with Crippen molar-refractivity contribution in [2.75, 3.05) is 6.61 Å². The maximum atomic E-state index is 15.2. The molecule has 3 aromatic rings. The van der Waals surface area contributed by atoms with Crippen molar-refractivity contribution < 1.29 is 18.3 Å². The highest BCUT2D eigenvalue weighted by Gasteiger charge is 2.32. The first-order valence-corrected chi connectivity index (χ1v) is 13.5. The molecule has 6 heteroatoms. The molecule has 0 aliphatic carbocycles. The van der Waals surface area contributed by atoms with Crippen LogP contribution in [-0.2, 0) is 6.42 Å².